The number of nitrogens with zero attached hydrogens (tertiary/aromatic N) is 3. The number of hydrogen-bond donors (Lipinski definition) is 6. The Bertz CT molecular complexity index is 1130. The number of methoxy groups -OCH3 is 1. The first-order valence-corrected chi connectivity index (χ1v) is 14.1. The second-order valence-corrected chi connectivity index (χ2v) is 9.96. The summed E-state index contributed by atoms with van der Waals surface area (Å²) in [6.45, 7) is 7.77. The first-order chi connectivity index (χ1) is 20.4. The molecule has 7 N–H and O–H groups in total. The van der Waals surface area contributed by atoms with Crippen molar-refractivity contribution in [2.24, 2.45) is 5.73 Å². The molecular formula is C29H44N4O10. The van der Waals surface area contributed by atoms with Crippen molar-refractivity contribution in [3.63, 3.8) is 0 Å². The average molecular weight is 609 g/mol. The van der Waals surface area contributed by atoms with Crippen LogP contribution in [0.25, 0.3) is 10.9 Å². The van der Waals surface area contributed by atoms with Gasteiger partial charge in [0.2, 0.25) is 0 Å². The lowest BCUT2D eigenvalue weighted by Gasteiger charge is -2.42. The molecule has 0 saturated carbocycles. The number of hydrogen-bond acceptors (Lipinski definition) is 10. The number of β-amino-alcohol motifs (C(OH)–C–C–N with tert-alkyl or cyclic N) is 1. The fourth-order valence-electron chi connectivity index (χ4n) is 4.71. The van der Waals surface area contributed by atoms with Crippen LogP contribution < -0.4 is 10.5 Å². The number of aromatic nitrogens is 1. The standard InChI is InChI=1S/C25H40N4O2.2C2H2O4/c1-3-4-5-6-7-14-29-16-15-28(18-20(29)10-12-26)19-25(30)22-11-13-27-24-9-8-21(31-2)17-23(22)24;2*3-1(4)2(5)6/h8-9,11,13,17,20,25,30H,3-7,10,12,14-16,18-19,26H2,1-2H3;2*(H,3,4)(H,5,6)/t20-,25+;;/m1../s1. The van der Waals surface area contributed by atoms with E-state index in [4.69, 9.17) is 50.1 Å². The lowest BCUT2D eigenvalue weighted by Crippen LogP contribution is -2.54. The van der Waals surface area contributed by atoms with Crippen LogP contribution >= 0.6 is 0 Å². The van der Waals surface area contributed by atoms with Gasteiger partial charge in [0.1, 0.15) is 5.75 Å². The van der Waals surface area contributed by atoms with E-state index in [1.165, 1.54) is 38.6 Å². The van der Waals surface area contributed by atoms with Crippen molar-refractivity contribution < 1.29 is 49.4 Å². The van der Waals surface area contributed by atoms with Crippen molar-refractivity contribution >= 4 is 34.8 Å². The largest absolute Gasteiger partial charge is 0.497 e. The van der Waals surface area contributed by atoms with Crippen molar-refractivity contribution in [2.75, 3.05) is 46.4 Å². The summed E-state index contributed by atoms with van der Waals surface area (Å²) in [6.07, 6.45) is 8.79. The van der Waals surface area contributed by atoms with Gasteiger partial charge in [0.15, 0.2) is 0 Å². The lowest BCUT2D eigenvalue weighted by atomic mass is 10.0. The normalized spacial score (nSPS) is 15.8. The number of rotatable bonds is 12. The maximum absolute atomic E-state index is 11.1. The molecule has 0 aliphatic carbocycles. The third-order valence-corrected chi connectivity index (χ3v) is 6.88. The third-order valence-electron chi connectivity index (χ3n) is 6.88. The number of nitrogens with two attached hydrogens (primary N) is 1. The third kappa shape index (κ3) is 13.8. The van der Waals surface area contributed by atoms with Gasteiger partial charge >= 0.3 is 23.9 Å². The first-order valence-electron chi connectivity index (χ1n) is 14.1. The topological polar surface area (TPSA) is 224 Å². The Morgan fingerprint density at radius 3 is 2.16 bits per heavy atom. The van der Waals surface area contributed by atoms with Crippen molar-refractivity contribution in [1.82, 2.24) is 14.8 Å². The summed E-state index contributed by atoms with van der Waals surface area (Å²) in [4.78, 5) is 45.9. The van der Waals surface area contributed by atoms with Gasteiger partial charge in [-0.05, 0) is 55.8 Å². The van der Waals surface area contributed by atoms with Crippen LogP contribution in [0.2, 0.25) is 0 Å². The molecule has 0 amide bonds. The predicted octanol–water partition coefficient (Wildman–Crippen LogP) is 1.89. The van der Waals surface area contributed by atoms with Gasteiger partial charge in [-0.3, -0.25) is 14.8 Å². The number of carboxylic acids is 4. The molecule has 14 heteroatoms. The Balaban J connectivity index is 0.000000649. The lowest BCUT2D eigenvalue weighted by molar-refractivity contribution is -0.159. The summed E-state index contributed by atoms with van der Waals surface area (Å²) >= 11 is 0. The molecule has 1 saturated heterocycles. The molecule has 0 radical (unpaired) electrons. The minimum absolute atomic E-state index is 0.478. The number of carbonyl (C=O) groups is 4. The highest BCUT2D eigenvalue weighted by molar-refractivity contribution is 6.27. The van der Waals surface area contributed by atoms with Crippen LogP contribution in [0.4, 0.5) is 0 Å². The maximum atomic E-state index is 11.1. The highest BCUT2D eigenvalue weighted by Crippen LogP contribution is 2.28. The molecule has 1 fully saturated rings. The number of pyridine rings is 1. The zero-order valence-corrected chi connectivity index (χ0v) is 24.7. The van der Waals surface area contributed by atoms with Crippen LogP contribution in [-0.4, -0.2) is 117 Å². The van der Waals surface area contributed by atoms with Crippen LogP contribution in [0.15, 0.2) is 30.5 Å². The number of piperazine rings is 1. The van der Waals surface area contributed by atoms with E-state index in [9.17, 15) is 5.11 Å². The maximum Gasteiger partial charge on any atom is 0.414 e. The Hall–Kier alpha value is -3.85. The van der Waals surface area contributed by atoms with Crippen molar-refractivity contribution in [3.8, 4) is 5.75 Å². The Morgan fingerprint density at radius 1 is 0.977 bits per heavy atom. The van der Waals surface area contributed by atoms with Gasteiger partial charge in [-0.15, -0.1) is 0 Å². The molecule has 14 nitrogen and oxygen atoms in total. The SMILES string of the molecule is CCCCCCCN1CCN(C[C@H](O)c2ccnc3ccc(OC)cc23)C[C@H]1CCN.O=C(O)C(=O)O.O=C(O)C(=O)O. The van der Waals surface area contributed by atoms with Gasteiger partial charge in [0, 0.05) is 43.8 Å². The number of fused-ring (bicyclic) bond motifs is 1. The molecule has 0 unspecified atom stereocenters. The molecule has 3 rings (SSSR count). The molecular weight excluding hydrogens is 564 g/mol. The van der Waals surface area contributed by atoms with E-state index in [-0.39, 0.29) is 0 Å². The second kappa shape index (κ2) is 20.1. The molecule has 43 heavy (non-hydrogen) atoms. The minimum atomic E-state index is -1.82. The Morgan fingerprint density at radius 2 is 1.60 bits per heavy atom. The molecule has 2 heterocycles. The van der Waals surface area contributed by atoms with Crippen LogP contribution in [0.1, 0.15) is 57.1 Å². The van der Waals surface area contributed by atoms with E-state index in [0.717, 1.165) is 48.3 Å². The molecule has 240 valence electrons. The highest BCUT2D eigenvalue weighted by Gasteiger charge is 2.27. The predicted molar refractivity (Wildman–Crippen MR) is 158 cm³/mol. The quantitative estimate of drug-likeness (QED) is 0.150. The van der Waals surface area contributed by atoms with E-state index < -0.39 is 30.0 Å². The zero-order valence-electron chi connectivity index (χ0n) is 24.7. The van der Waals surface area contributed by atoms with Gasteiger partial charge in [0.05, 0.1) is 18.7 Å². The van der Waals surface area contributed by atoms with Gasteiger partial charge < -0.3 is 36.0 Å². The van der Waals surface area contributed by atoms with Crippen LogP contribution in [0.5, 0.6) is 5.75 Å². The Labute approximate surface area is 250 Å². The van der Waals surface area contributed by atoms with Gasteiger partial charge in [-0.1, -0.05) is 32.6 Å². The van der Waals surface area contributed by atoms with Crippen molar-refractivity contribution in [2.45, 2.75) is 57.6 Å². The van der Waals surface area contributed by atoms with Crippen molar-refractivity contribution in [1.29, 1.82) is 0 Å². The highest BCUT2D eigenvalue weighted by atomic mass is 16.5. The van der Waals surface area contributed by atoms with Crippen LogP contribution in [0, 0.1) is 0 Å². The summed E-state index contributed by atoms with van der Waals surface area (Å²) in [5.74, 6) is -6.51. The van der Waals surface area contributed by atoms with Gasteiger partial charge in [-0.25, -0.2) is 19.2 Å². The minimum Gasteiger partial charge on any atom is -0.497 e. The fourth-order valence-corrected chi connectivity index (χ4v) is 4.71. The van der Waals surface area contributed by atoms with E-state index >= 15 is 0 Å². The first kappa shape index (κ1) is 37.2. The molecule has 1 aromatic heterocycles. The molecule has 0 bridgehead atoms. The fraction of sp³-hybridized carbons (Fsp3) is 0.552. The molecule has 1 aliphatic rings. The molecule has 0 spiro atoms. The van der Waals surface area contributed by atoms with Crippen LogP contribution in [-0.2, 0) is 19.2 Å². The molecule has 2 atom stereocenters. The summed E-state index contributed by atoms with van der Waals surface area (Å²) in [7, 11) is 1.66. The monoisotopic (exact) mass is 608 g/mol. The van der Waals surface area contributed by atoms with E-state index in [2.05, 4.69) is 21.7 Å². The molecule has 1 aliphatic heterocycles. The van der Waals surface area contributed by atoms with E-state index in [1.807, 2.05) is 24.3 Å². The number of aliphatic hydroxyl groups excluding tert-OH is 1. The van der Waals surface area contributed by atoms with Crippen LogP contribution in [0.3, 0.4) is 0 Å². The Kier molecular flexibility index (Phi) is 17.4. The number of aliphatic carboxylic acids is 4. The molecule has 1 aromatic carbocycles. The van der Waals surface area contributed by atoms with Crippen molar-refractivity contribution in [3.05, 3.63) is 36.0 Å². The number of ether oxygens (including phenoxy) is 1. The number of carboxylic acid groups (broad SMARTS) is 4. The average Bonchev–Trinajstić information content (AvgIpc) is 2.98. The summed E-state index contributed by atoms with van der Waals surface area (Å²) in [5.41, 5.74) is 7.73. The summed E-state index contributed by atoms with van der Waals surface area (Å²) in [5, 5.41) is 41.6. The molecule has 2 aromatic rings. The number of aliphatic hydroxyl groups is 1. The smallest absolute Gasteiger partial charge is 0.414 e. The van der Waals surface area contributed by atoms with Gasteiger partial charge in [0.25, 0.3) is 0 Å². The summed E-state index contributed by atoms with van der Waals surface area (Å²) in [6, 6.07) is 8.22. The second-order valence-electron chi connectivity index (χ2n) is 9.96. The number of unbranched alkanes of at least 4 members (excludes halogenated alkanes) is 4. The summed E-state index contributed by atoms with van der Waals surface area (Å²) < 4.78 is 5.38. The van der Waals surface area contributed by atoms with Gasteiger partial charge in [-0.2, -0.15) is 0 Å². The van der Waals surface area contributed by atoms with E-state index in [1.54, 1.807) is 13.3 Å². The zero-order chi connectivity index (χ0) is 32.4. The number of benzene rings is 1. The van der Waals surface area contributed by atoms with E-state index in [0.29, 0.717) is 19.1 Å².